The second-order valence-electron chi connectivity index (χ2n) is 6.43. The van der Waals surface area contributed by atoms with Crippen LogP contribution in [0.3, 0.4) is 0 Å². The van der Waals surface area contributed by atoms with E-state index in [0.29, 0.717) is 16.3 Å². The summed E-state index contributed by atoms with van der Waals surface area (Å²) in [6.45, 7) is 1.85. The Morgan fingerprint density at radius 1 is 1.10 bits per heavy atom. The first-order chi connectivity index (χ1) is 13.8. The molecular formula is C21H19N3O4S. The van der Waals surface area contributed by atoms with Gasteiger partial charge in [0, 0.05) is 33.5 Å². The molecule has 1 atom stereocenters. The minimum atomic E-state index is -1.48. The van der Waals surface area contributed by atoms with Crippen LogP contribution in [0.5, 0.6) is 0 Å². The number of nitro groups is 1. The van der Waals surface area contributed by atoms with E-state index in [4.69, 9.17) is 5.73 Å². The number of nitrogens with one attached hydrogen (secondary N) is 1. The Morgan fingerprint density at radius 2 is 1.79 bits per heavy atom. The Kier molecular flexibility index (Phi) is 6.04. The number of benzene rings is 3. The lowest BCUT2D eigenvalue weighted by atomic mass is 10.1. The number of para-hydroxylation sites is 1. The first kappa shape index (κ1) is 20.2. The number of carbonyl (C=O) groups is 1. The van der Waals surface area contributed by atoms with Gasteiger partial charge in [0.2, 0.25) is 0 Å². The lowest BCUT2D eigenvalue weighted by Gasteiger charge is -2.09. The molecule has 0 saturated carbocycles. The highest BCUT2D eigenvalue weighted by atomic mass is 32.2. The van der Waals surface area contributed by atoms with E-state index in [2.05, 4.69) is 5.32 Å². The monoisotopic (exact) mass is 409 g/mol. The predicted molar refractivity (Wildman–Crippen MR) is 113 cm³/mol. The van der Waals surface area contributed by atoms with E-state index >= 15 is 0 Å². The van der Waals surface area contributed by atoms with E-state index < -0.39 is 21.6 Å². The fourth-order valence-electron chi connectivity index (χ4n) is 2.75. The Morgan fingerprint density at radius 3 is 2.45 bits per heavy atom. The van der Waals surface area contributed by atoms with Crippen LogP contribution in [0.25, 0.3) is 0 Å². The second-order valence-corrected chi connectivity index (χ2v) is 7.88. The van der Waals surface area contributed by atoms with Crippen molar-refractivity contribution < 1.29 is 13.9 Å². The maximum Gasteiger partial charge on any atom is 0.274 e. The molecule has 0 aromatic heterocycles. The van der Waals surface area contributed by atoms with Gasteiger partial charge in [0.15, 0.2) is 0 Å². The van der Waals surface area contributed by atoms with E-state index in [0.717, 1.165) is 5.56 Å². The van der Waals surface area contributed by atoms with E-state index in [9.17, 15) is 19.1 Å². The molecule has 1 amide bonds. The number of rotatable bonds is 6. The molecule has 0 aliphatic rings. The molecule has 0 saturated heterocycles. The van der Waals surface area contributed by atoms with Gasteiger partial charge in [-0.2, -0.15) is 0 Å². The van der Waals surface area contributed by atoms with Crippen LogP contribution >= 0.6 is 0 Å². The third-order valence-electron chi connectivity index (χ3n) is 4.37. The van der Waals surface area contributed by atoms with Crippen molar-refractivity contribution in [2.24, 2.45) is 0 Å². The lowest BCUT2D eigenvalue weighted by molar-refractivity contribution is -0.385. The normalized spacial score (nSPS) is 11.6. The number of anilines is 2. The van der Waals surface area contributed by atoms with Gasteiger partial charge in [-0.15, -0.1) is 0 Å². The summed E-state index contributed by atoms with van der Waals surface area (Å²) in [4.78, 5) is 24.0. The fourth-order valence-corrected chi connectivity index (χ4v) is 3.88. The van der Waals surface area contributed by atoms with Gasteiger partial charge >= 0.3 is 0 Å². The number of carbonyl (C=O) groups excluding carboxylic acids is 1. The van der Waals surface area contributed by atoms with Crippen molar-refractivity contribution in [1.82, 2.24) is 0 Å². The van der Waals surface area contributed by atoms with Gasteiger partial charge in [-0.3, -0.25) is 19.1 Å². The summed E-state index contributed by atoms with van der Waals surface area (Å²) in [6, 6.07) is 17.9. The first-order valence-electron chi connectivity index (χ1n) is 8.73. The van der Waals surface area contributed by atoms with Gasteiger partial charge < -0.3 is 11.1 Å². The Labute approximate surface area is 170 Å². The molecule has 0 aliphatic carbocycles. The molecule has 3 rings (SSSR count). The van der Waals surface area contributed by atoms with Crippen LogP contribution < -0.4 is 11.1 Å². The average molecular weight is 409 g/mol. The van der Waals surface area contributed by atoms with Gasteiger partial charge in [-0.1, -0.05) is 24.3 Å². The molecule has 1 unspecified atom stereocenters. The summed E-state index contributed by atoms with van der Waals surface area (Å²) in [5, 5.41) is 14.3. The van der Waals surface area contributed by atoms with Gasteiger partial charge in [0.05, 0.1) is 21.5 Å². The van der Waals surface area contributed by atoms with Gasteiger partial charge in [0.25, 0.3) is 11.6 Å². The van der Waals surface area contributed by atoms with Gasteiger partial charge in [-0.05, 0) is 48.9 Å². The van der Waals surface area contributed by atoms with Crippen molar-refractivity contribution in [3.63, 3.8) is 0 Å². The summed E-state index contributed by atoms with van der Waals surface area (Å²) < 4.78 is 12.6. The molecule has 0 bridgehead atoms. The van der Waals surface area contributed by atoms with Crippen LogP contribution in [-0.2, 0) is 16.6 Å². The number of hydrogen-bond acceptors (Lipinski definition) is 5. The summed E-state index contributed by atoms with van der Waals surface area (Å²) >= 11 is 0. The van der Waals surface area contributed by atoms with E-state index in [-0.39, 0.29) is 22.6 Å². The second kappa shape index (κ2) is 8.66. The molecule has 0 aliphatic heterocycles. The molecular weight excluding hydrogens is 390 g/mol. The third-order valence-corrected chi connectivity index (χ3v) is 5.74. The molecule has 3 aromatic carbocycles. The van der Waals surface area contributed by atoms with Gasteiger partial charge in [0.1, 0.15) is 0 Å². The summed E-state index contributed by atoms with van der Waals surface area (Å²) in [6.07, 6.45) is 0. The highest BCUT2D eigenvalue weighted by molar-refractivity contribution is 7.84. The van der Waals surface area contributed by atoms with Crippen molar-refractivity contribution in [2.75, 3.05) is 11.1 Å². The molecule has 3 N–H and O–H groups in total. The maximum atomic E-state index is 12.6. The van der Waals surface area contributed by atoms with Crippen molar-refractivity contribution in [1.29, 1.82) is 0 Å². The van der Waals surface area contributed by atoms with Crippen LogP contribution in [-0.4, -0.2) is 15.0 Å². The molecule has 7 nitrogen and oxygen atoms in total. The van der Waals surface area contributed by atoms with Crippen LogP contribution in [0, 0.1) is 17.0 Å². The van der Waals surface area contributed by atoms with E-state index in [1.807, 2.05) is 19.1 Å². The molecule has 0 spiro atoms. The SMILES string of the molecule is Cc1ccccc1NC(=O)c1ccc(CS(=O)c2ccc(N)cc2)c([N+](=O)[O-])c1. The van der Waals surface area contributed by atoms with E-state index in [1.165, 1.54) is 18.2 Å². The molecule has 3 aromatic rings. The minimum Gasteiger partial charge on any atom is -0.399 e. The van der Waals surface area contributed by atoms with Crippen molar-refractivity contribution in [3.05, 3.63) is 93.5 Å². The third kappa shape index (κ3) is 4.85. The van der Waals surface area contributed by atoms with Crippen LogP contribution in [0.2, 0.25) is 0 Å². The predicted octanol–water partition coefficient (Wildman–Crippen LogP) is 4.05. The number of nitrogen functional groups attached to an aromatic ring is 1. The topological polar surface area (TPSA) is 115 Å². The van der Waals surface area contributed by atoms with Crippen molar-refractivity contribution in [2.45, 2.75) is 17.6 Å². The number of nitro benzene ring substituents is 1. The molecule has 148 valence electrons. The highest BCUT2D eigenvalue weighted by Gasteiger charge is 2.20. The summed E-state index contributed by atoms with van der Waals surface area (Å²) in [5.74, 6) is -0.492. The average Bonchev–Trinajstić information content (AvgIpc) is 2.70. The number of nitrogens with two attached hydrogens (primary N) is 1. The summed E-state index contributed by atoms with van der Waals surface area (Å²) in [5.41, 5.74) is 7.88. The van der Waals surface area contributed by atoms with Crippen molar-refractivity contribution >= 4 is 33.8 Å². The first-order valence-corrected chi connectivity index (χ1v) is 10.1. The molecule has 0 radical (unpaired) electrons. The Hall–Kier alpha value is -3.52. The standard InChI is InChI=1S/C21H19N3O4S/c1-14-4-2-3-5-19(14)23-21(25)15-6-7-16(20(12-15)24(26)27)13-29(28)18-10-8-17(22)9-11-18/h2-12H,13,22H2,1H3,(H,23,25). The van der Waals surface area contributed by atoms with Crippen LogP contribution in [0.15, 0.2) is 71.6 Å². The molecule has 0 heterocycles. The molecule has 29 heavy (non-hydrogen) atoms. The quantitative estimate of drug-likeness (QED) is 0.362. The van der Waals surface area contributed by atoms with Crippen LogP contribution in [0.1, 0.15) is 21.5 Å². The molecule has 0 fully saturated rings. The highest BCUT2D eigenvalue weighted by Crippen LogP contribution is 2.25. The van der Waals surface area contributed by atoms with Gasteiger partial charge in [-0.25, -0.2) is 0 Å². The smallest absolute Gasteiger partial charge is 0.274 e. The fraction of sp³-hybridized carbons (Fsp3) is 0.0952. The summed E-state index contributed by atoms with van der Waals surface area (Å²) in [7, 11) is -1.48. The van der Waals surface area contributed by atoms with Crippen molar-refractivity contribution in [3.8, 4) is 0 Å². The van der Waals surface area contributed by atoms with E-state index in [1.54, 1.807) is 36.4 Å². The zero-order chi connectivity index (χ0) is 21.0. The van der Waals surface area contributed by atoms with Crippen LogP contribution in [0.4, 0.5) is 17.1 Å². The number of hydrogen-bond donors (Lipinski definition) is 2. The number of aryl methyl sites for hydroxylation is 1. The zero-order valence-electron chi connectivity index (χ0n) is 15.6. The Bertz CT molecular complexity index is 1100. The zero-order valence-corrected chi connectivity index (χ0v) is 16.4. The number of amides is 1. The minimum absolute atomic E-state index is 0.0417. The largest absolute Gasteiger partial charge is 0.399 e. The lowest BCUT2D eigenvalue weighted by Crippen LogP contribution is -2.13. The molecule has 8 heteroatoms. The maximum absolute atomic E-state index is 12.6. The Balaban J connectivity index is 1.84. The number of nitrogens with zero attached hydrogens (tertiary/aromatic N) is 1.